The molecule has 0 aromatic carbocycles. The van der Waals surface area contributed by atoms with Gasteiger partial charge in [-0.05, 0) is 26.7 Å². The normalized spacial score (nSPS) is 16.6. The van der Waals surface area contributed by atoms with Crippen LogP contribution in [0, 0.1) is 0 Å². The Kier molecular flexibility index (Phi) is 15.5. The zero-order valence-corrected chi connectivity index (χ0v) is 15.3. The third kappa shape index (κ3) is 11.4. The summed E-state index contributed by atoms with van der Waals surface area (Å²) in [5.41, 5.74) is 0. The molecule has 0 unspecified atom stereocenters. The van der Waals surface area contributed by atoms with E-state index >= 15 is 0 Å². The molecule has 5 heteroatoms. The van der Waals surface area contributed by atoms with Crippen LogP contribution in [-0.4, -0.2) is 76.9 Å². The fourth-order valence-electron chi connectivity index (χ4n) is 2.30. The predicted molar refractivity (Wildman–Crippen MR) is 90.5 cm³/mol. The second-order valence-corrected chi connectivity index (χ2v) is 5.42. The second kappa shape index (κ2) is 15.7. The van der Waals surface area contributed by atoms with Gasteiger partial charge in [-0.2, -0.15) is 0 Å². The molecular weight excluding hydrogens is 282 g/mol. The van der Waals surface area contributed by atoms with Gasteiger partial charge in [-0.25, -0.2) is 0 Å². The van der Waals surface area contributed by atoms with Crippen molar-refractivity contribution in [1.29, 1.82) is 0 Å². The summed E-state index contributed by atoms with van der Waals surface area (Å²) in [6.45, 7) is 14.7. The Morgan fingerprint density at radius 3 is 1.86 bits per heavy atom. The van der Waals surface area contributed by atoms with E-state index in [9.17, 15) is 0 Å². The van der Waals surface area contributed by atoms with Crippen LogP contribution in [0.1, 0.15) is 40.5 Å². The van der Waals surface area contributed by atoms with Crippen molar-refractivity contribution in [2.45, 2.75) is 52.7 Å². The Hall–Kier alpha value is -0.200. The maximum atomic E-state index is 5.84. The van der Waals surface area contributed by atoms with Gasteiger partial charge in [-0.3, -0.25) is 0 Å². The Labute approximate surface area is 137 Å². The first-order chi connectivity index (χ1) is 10.7. The molecule has 1 aliphatic heterocycles. The van der Waals surface area contributed by atoms with Crippen LogP contribution in [0.4, 0.5) is 0 Å². The molecule has 0 spiro atoms. The highest BCUT2D eigenvalue weighted by Gasteiger charge is 2.20. The van der Waals surface area contributed by atoms with Crippen LogP contribution in [-0.2, 0) is 18.9 Å². The van der Waals surface area contributed by atoms with Crippen molar-refractivity contribution in [3.05, 3.63) is 0 Å². The van der Waals surface area contributed by atoms with E-state index in [2.05, 4.69) is 18.7 Å². The Bertz CT molecular complexity index is 219. The van der Waals surface area contributed by atoms with Crippen LogP contribution < -0.4 is 0 Å². The summed E-state index contributed by atoms with van der Waals surface area (Å²) in [6, 6.07) is 0.650. The van der Waals surface area contributed by atoms with Crippen LogP contribution >= 0.6 is 0 Å². The van der Waals surface area contributed by atoms with E-state index in [1.54, 1.807) is 7.11 Å². The number of hydrogen-bond acceptors (Lipinski definition) is 5. The molecule has 0 amide bonds. The Balaban J connectivity index is 0.00000211. The van der Waals surface area contributed by atoms with Gasteiger partial charge >= 0.3 is 0 Å². The van der Waals surface area contributed by atoms with E-state index in [1.807, 2.05) is 13.8 Å². The van der Waals surface area contributed by atoms with E-state index in [4.69, 9.17) is 18.9 Å². The fraction of sp³-hybridized carbons (Fsp3) is 1.00. The minimum absolute atomic E-state index is 0.409. The summed E-state index contributed by atoms with van der Waals surface area (Å²) in [4.78, 5) is 2.51. The van der Waals surface area contributed by atoms with E-state index in [-0.39, 0.29) is 0 Å². The minimum Gasteiger partial charge on any atom is -0.382 e. The molecule has 0 aromatic heterocycles. The smallest absolute Gasteiger partial charge is 0.0704 e. The van der Waals surface area contributed by atoms with E-state index in [0.29, 0.717) is 51.8 Å². The highest BCUT2D eigenvalue weighted by Crippen LogP contribution is 2.15. The van der Waals surface area contributed by atoms with Gasteiger partial charge in [0, 0.05) is 26.2 Å². The number of hydrogen-bond donors (Lipinski definition) is 0. The molecule has 134 valence electrons. The molecule has 0 saturated carbocycles. The van der Waals surface area contributed by atoms with Crippen molar-refractivity contribution in [3.63, 3.8) is 0 Å². The van der Waals surface area contributed by atoms with Crippen molar-refractivity contribution < 1.29 is 18.9 Å². The average molecular weight is 319 g/mol. The summed E-state index contributed by atoms with van der Waals surface area (Å²) >= 11 is 0. The predicted octanol–water partition coefficient (Wildman–Crippen LogP) is 2.58. The SMILES string of the molecule is CC.COCCOCCOCCOC1CCN(C(C)C)CC1. The molecule has 0 bridgehead atoms. The van der Waals surface area contributed by atoms with Gasteiger partial charge in [0.1, 0.15) is 0 Å². The van der Waals surface area contributed by atoms with Crippen LogP contribution in [0.2, 0.25) is 0 Å². The number of methoxy groups -OCH3 is 1. The van der Waals surface area contributed by atoms with Gasteiger partial charge in [-0.1, -0.05) is 13.8 Å². The molecule has 5 nitrogen and oxygen atoms in total. The maximum absolute atomic E-state index is 5.84. The summed E-state index contributed by atoms with van der Waals surface area (Å²) in [5, 5.41) is 0. The van der Waals surface area contributed by atoms with Gasteiger partial charge in [0.25, 0.3) is 0 Å². The van der Waals surface area contributed by atoms with Gasteiger partial charge in [0.05, 0.1) is 45.7 Å². The van der Waals surface area contributed by atoms with Crippen LogP contribution in [0.5, 0.6) is 0 Å². The van der Waals surface area contributed by atoms with Crippen molar-refractivity contribution >= 4 is 0 Å². The lowest BCUT2D eigenvalue weighted by molar-refractivity contribution is -0.0360. The third-order valence-corrected chi connectivity index (χ3v) is 3.59. The monoisotopic (exact) mass is 319 g/mol. The highest BCUT2D eigenvalue weighted by atomic mass is 16.6. The lowest BCUT2D eigenvalue weighted by atomic mass is 10.1. The highest BCUT2D eigenvalue weighted by molar-refractivity contribution is 4.74. The first-order valence-electron chi connectivity index (χ1n) is 8.74. The van der Waals surface area contributed by atoms with Crippen LogP contribution in [0.15, 0.2) is 0 Å². The standard InChI is InChI=1S/C15H31NO4.C2H6/c1-14(2)16-6-4-15(5-7-16)20-13-12-19-11-10-18-9-8-17-3;1-2/h14-15H,4-13H2,1-3H3;1-2H3. The molecule has 0 aliphatic carbocycles. The van der Waals surface area contributed by atoms with E-state index in [1.165, 1.54) is 0 Å². The molecular formula is C17H37NO4. The first-order valence-corrected chi connectivity index (χ1v) is 8.74. The van der Waals surface area contributed by atoms with Gasteiger partial charge in [0.2, 0.25) is 0 Å². The van der Waals surface area contributed by atoms with Crippen molar-refractivity contribution in [2.75, 3.05) is 59.8 Å². The van der Waals surface area contributed by atoms with Crippen molar-refractivity contribution in [3.8, 4) is 0 Å². The van der Waals surface area contributed by atoms with Crippen LogP contribution in [0.25, 0.3) is 0 Å². The molecule has 1 aliphatic rings. The molecule has 1 heterocycles. The molecule has 1 rings (SSSR count). The van der Waals surface area contributed by atoms with E-state index in [0.717, 1.165) is 25.9 Å². The zero-order valence-electron chi connectivity index (χ0n) is 15.3. The molecule has 0 N–H and O–H groups in total. The molecule has 1 saturated heterocycles. The first kappa shape index (κ1) is 21.8. The topological polar surface area (TPSA) is 40.2 Å². The lowest BCUT2D eigenvalue weighted by Gasteiger charge is -2.34. The number of piperidine rings is 1. The Morgan fingerprint density at radius 2 is 1.36 bits per heavy atom. The maximum Gasteiger partial charge on any atom is 0.0704 e. The zero-order chi connectivity index (χ0) is 16.6. The van der Waals surface area contributed by atoms with Crippen molar-refractivity contribution in [1.82, 2.24) is 4.90 Å². The molecule has 0 radical (unpaired) electrons. The number of ether oxygens (including phenoxy) is 4. The van der Waals surface area contributed by atoms with E-state index < -0.39 is 0 Å². The number of nitrogens with zero attached hydrogens (tertiary/aromatic N) is 1. The second-order valence-electron chi connectivity index (χ2n) is 5.42. The summed E-state index contributed by atoms with van der Waals surface area (Å²) in [5.74, 6) is 0. The fourth-order valence-corrected chi connectivity index (χ4v) is 2.30. The molecule has 0 atom stereocenters. The average Bonchev–Trinajstić information content (AvgIpc) is 2.55. The largest absolute Gasteiger partial charge is 0.382 e. The van der Waals surface area contributed by atoms with Gasteiger partial charge in [-0.15, -0.1) is 0 Å². The summed E-state index contributed by atoms with van der Waals surface area (Å²) < 4.78 is 21.5. The Morgan fingerprint density at radius 1 is 0.864 bits per heavy atom. The summed E-state index contributed by atoms with van der Waals surface area (Å²) in [6.07, 6.45) is 2.68. The number of likely N-dealkylation sites (tertiary alicyclic amines) is 1. The summed E-state index contributed by atoms with van der Waals surface area (Å²) in [7, 11) is 1.67. The third-order valence-electron chi connectivity index (χ3n) is 3.59. The van der Waals surface area contributed by atoms with Gasteiger partial charge < -0.3 is 23.8 Å². The van der Waals surface area contributed by atoms with Crippen LogP contribution in [0.3, 0.4) is 0 Å². The quantitative estimate of drug-likeness (QED) is 0.547. The minimum atomic E-state index is 0.409. The number of rotatable bonds is 11. The lowest BCUT2D eigenvalue weighted by Crippen LogP contribution is -2.41. The van der Waals surface area contributed by atoms with Gasteiger partial charge in [0.15, 0.2) is 0 Å². The molecule has 0 aromatic rings. The molecule has 22 heavy (non-hydrogen) atoms. The molecule has 1 fully saturated rings. The van der Waals surface area contributed by atoms with Crippen molar-refractivity contribution in [2.24, 2.45) is 0 Å².